The van der Waals surface area contributed by atoms with Crippen molar-refractivity contribution in [3.8, 4) is 11.5 Å². The summed E-state index contributed by atoms with van der Waals surface area (Å²) in [6.07, 6.45) is 0.965. The Morgan fingerprint density at radius 2 is 1.81 bits per heavy atom. The molecule has 21 heavy (non-hydrogen) atoms. The van der Waals surface area contributed by atoms with Gasteiger partial charge >= 0.3 is 0 Å². The molecular weight excluding hydrogens is 264 g/mol. The molecule has 1 atom stereocenters. The van der Waals surface area contributed by atoms with Crippen LogP contribution in [0.3, 0.4) is 0 Å². The van der Waals surface area contributed by atoms with Crippen molar-refractivity contribution in [2.75, 3.05) is 13.7 Å². The van der Waals surface area contributed by atoms with Gasteiger partial charge in [0.15, 0.2) is 0 Å². The molecule has 0 saturated carbocycles. The molecule has 3 heteroatoms. The standard InChI is InChI=1S/C18H22O3/c1-3-10-21-17-9-5-7-15(13-17)18(19)12-14-6-4-8-16(11-14)20-2/h4-9,11,13,18-19H,3,10,12H2,1-2H3. The molecule has 0 spiro atoms. The first-order valence-corrected chi connectivity index (χ1v) is 7.26. The Morgan fingerprint density at radius 3 is 2.57 bits per heavy atom. The number of hydrogen-bond acceptors (Lipinski definition) is 3. The van der Waals surface area contributed by atoms with Crippen LogP contribution in [-0.2, 0) is 6.42 Å². The van der Waals surface area contributed by atoms with E-state index in [2.05, 4.69) is 6.92 Å². The lowest BCUT2D eigenvalue weighted by Crippen LogP contribution is -2.03. The second kappa shape index (κ2) is 7.70. The van der Waals surface area contributed by atoms with Crippen LogP contribution in [0.1, 0.15) is 30.6 Å². The highest BCUT2D eigenvalue weighted by Crippen LogP contribution is 2.24. The highest BCUT2D eigenvalue weighted by Gasteiger charge is 2.10. The maximum Gasteiger partial charge on any atom is 0.119 e. The fourth-order valence-electron chi connectivity index (χ4n) is 2.17. The number of benzene rings is 2. The quantitative estimate of drug-likeness (QED) is 0.842. The van der Waals surface area contributed by atoms with Gasteiger partial charge in [0.25, 0.3) is 0 Å². The van der Waals surface area contributed by atoms with Gasteiger partial charge in [0, 0.05) is 6.42 Å². The van der Waals surface area contributed by atoms with Crippen LogP contribution in [0.15, 0.2) is 48.5 Å². The van der Waals surface area contributed by atoms with Crippen molar-refractivity contribution in [2.24, 2.45) is 0 Å². The first kappa shape index (κ1) is 15.4. The van der Waals surface area contributed by atoms with Crippen LogP contribution in [-0.4, -0.2) is 18.8 Å². The molecule has 0 aromatic heterocycles. The molecule has 3 nitrogen and oxygen atoms in total. The minimum atomic E-state index is -0.553. The highest BCUT2D eigenvalue weighted by atomic mass is 16.5. The van der Waals surface area contributed by atoms with E-state index in [1.807, 2.05) is 48.5 Å². The topological polar surface area (TPSA) is 38.7 Å². The Bertz CT molecular complexity index is 566. The molecule has 112 valence electrons. The zero-order valence-electron chi connectivity index (χ0n) is 12.6. The summed E-state index contributed by atoms with van der Waals surface area (Å²) < 4.78 is 10.8. The number of hydrogen-bond donors (Lipinski definition) is 1. The monoisotopic (exact) mass is 286 g/mol. The van der Waals surface area contributed by atoms with Crippen molar-refractivity contribution in [2.45, 2.75) is 25.9 Å². The molecule has 0 saturated heterocycles. The van der Waals surface area contributed by atoms with E-state index < -0.39 is 6.10 Å². The zero-order valence-corrected chi connectivity index (χ0v) is 12.6. The molecule has 0 bridgehead atoms. The van der Waals surface area contributed by atoms with E-state index >= 15 is 0 Å². The van der Waals surface area contributed by atoms with E-state index in [9.17, 15) is 5.11 Å². The largest absolute Gasteiger partial charge is 0.497 e. The Morgan fingerprint density at radius 1 is 1.05 bits per heavy atom. The van der Waals surface area contributed by atoms with Gasteiger partial charge in [-0.1, -0.05) is 31.2 Å². The Kier molecular flexibility index (Phi) is 5.64. The van der Waals surface area contributed by atoms with E-state index in [4.69, 9.17) is 9.47 Å². The van der Waals surface area contributed by atoms with Gasteiger partial charge in [-0.2, -0.15) is 0 Å². The molecule has 0 aliphatic heterocycles. The third-order valence-electron chi connectivity index (χ3n) is 3.28. The predicted molar refractivity (Wildman–Crippen MR) is 83.9 cm³/mol. The summed E-state index contributed by atoms with van der Waals surface area (Å²) in [6.45, 7) is 2.76. The summed E-state index contributed by atoms with van der Waals surface area (Å²) in [5.41, 5.74) is 1.91. The minimum absolute atomic E-state index is 0.550. The van der Waals surface area contributed by atoms with Crippen LogP contribution >= 0.6 is 0 Å². The fraction of sp³-hybridized carbons (Fsp3) is 0.333. The molecule has 1 unspecified atom stereocenters. The maximum atomic E-state index is 10.4. The molecule has 2 aromatic rings. The van der Waals surface area contributed by atoms with Crippen LogP contribution in [0.4, 0.5) is 0 Å². The van der Waals surface area contributed by atoms with E-state index in [0.29, 0.717) is 13.0 Å². The smallest absolute Gasteiger partial charge is 0.119 e. The van der Waals surface area contributed by atoms with Crippen LogP contribution in [0.2, 0.25) is 0 Å². The van der Waals surface area contributed by atoms with Crippen LogP contribution < -0.4 is 9.47 Å². The van der Waals surface area contributed by atoms with Gasteiger partial charge in [-0.25, -0.2) is 0 Å². The Hall–Kier alpha value is -2.00. The average molecular weight is 286 g/mol. The first-order valence-electron chi connectivity index (χ1n) is 7.26. The van der Waals surface area contributed by atoms with Crippen molar-refractivity contribution >= 4 is 0 Å². The second-order valence-corrected chi connectivity index (χ2v) is 4.99. The molecule has 2 aromatic carbocycles. The van der Waals surface area contributed by atoms with Crippen molar-refractivity contribution < 1.29 is 14.6 Å². The number of aliphatic hydroxyl groups excluding tert-OH is 1. The van der Waals surface area contributed by atoms with Crippen LogP contribution in [0.25, 0.3) is 0 Å². The first-order chi connectivity index (χ1) is 10.2. The van der Waals surface area contributed by atoms with E-state index in [-0.39, 0.29) is 0 Å². The number of aliphatic hydroxyl groups is 1. The summed E-state index contributed by atoms with van der Waals surface area (Å²) in [5, 5.41) is 10.4. The second-order valence-electron chi connectivity index (χ2n) is 4.99. The van der Waals surface area contributed by atoms with E-state index in [1.54, 1.807) is 7.11 Å². The van der Waals surface area contributed by atoms with Gasteiger partial charge in [0.2, 0.25) is 0 Å². The molecule has 0 radical (unpaired) electrons. The lowest BCUT2D eigenvalue weighted by Gasteiger charge is -2.13. The Labute approximate surface area is 126 Å². The van der Waals surface area contributed by atoms with Crippen LogP contribution in [0.5, 0.6) is 11.5 Å². The third-order valence-corrected chi connectivity index (χ3v) is 3.28. The van der Waals surface area contributed by atoms with Gasteiger partial charge in [-0.3, -0.25) is 0 Å². The number of ether oxygens (including phenoxy) is 2. The lowest BCUT2D eigenvalue weighted by molar-refractivity contribution is 0.177. The molecule has 0 fully saturated rings. The van der Waals surface area contributed by atoms with Gasteiger partial charge in [-0.05, 0) is 41.8 Å². The van der Waals surface area contributed by atoms with Gasteiger partial charge in [0.05, 0.1) is 19.8 Å². The highest BCUT2D eigenvalue weighted by molar-refractivity contribution is 5.33. The predicted octanol–water partition coefficient (Wildman–Crippen LogP) is 3.76. The van der Waals surface area contributed by atoms with Crippen molar-refractivity contribution in [1.82, 2.24) is 0 Å². The van der Waals surface area contributed by atoms with Crippen LogP contribution in [0, 0.1) is 0 Å². The SMILES string of the molecule is CCCOc1cccc(C(O)Cc2cccc(OC)c2)c1. The molecule has 0 amide bonds. The number of methoxy groups -OCH3 is 1. The summed E-state index contributed by atoms with van der Waals surface area (Å²) >= 11 is 0. The van der Waals surface area contributed by atoms with Gasteiger partial charge < -0.3 is 14.6 Å². The Balaban J connectivity index is 2.06. The van der Waals surface area contributed by atoms with Crippen molar-refractivity contribution in [3.63, 3.8) is 0 Å². The molecular formula is C18H22O3. The molecule has 0 heterocycles. The van der Waals surface area contributed by atoms with Crippen molar-refractivity contribution in [3.05, 3.63) is 59.7 Å². The third kappa shape index (κ3) is 4.50. The molecule has 1 N–H and O–H groups in total. The van der Waals surface area contributed by atoms with E-state index in [0.717, 1.165) is 29.0 Å². The van der Waals surface area contributed by atoms with Gasteiger partial charge in [-0.15, -0.1) is 0 Å². The molecule has 0 aliphatic rings. The summed E-state index contributed by atoms with van der Waals surface area (Å²) in [6, 6.07) is 15.4. The van der Waals surface area contributed by atoms with Crippen molar-refractivity contribution in [1.29, 1.82) is 0 Å². The minimum Gasteiger partial charge on any atom is -0.497 e. The summed E-state index contributed by atoms with van der Waals surface area (Å²) in [7, 11) is 1.64. The number of rotatable bonds is 7. The molecule has 0 aliphatic carbocycles. The van der Waals surface area contributed by atoms with Gasteiger partial charge in [0.1, 0.15) is 11.5 Å². The fourth-order valence-corrected chi connectivity index (χ4v) is 2.17. The average Bonchev–Trinajstić information content (AvgIpc) is 2.53. The molecule has 2 rings (SSSR count). The lowest BCUT2D eigenvalue weighted by atomic mass is 10.0. The zero-order chi connectivity index (χ0) is 15.1. The summed E-state index contributed by atoms with van der Waals surface area (Å²) in [4.78, 5) is 0. The van der Waals surface area contributed by atoms with E-state index in [1.165, 1.54) is 0 Å². The normalized spacial score (nSPS) is 12.0. The maximum absolute atomic E-state index is 10.4. The summed E-state index contributed by atoms with van der Waals surface area (Å²) in [5.74, 6) is 1.61.